The number of benzene rings is 2. The van der Waals surface area contributed by atoms with Crippen LogP contribution in [0, 0.1) is 10.1 Å². The summed E-state index contributed by atoms with van der Waals surface area (Å²) in [5, 5.41) is 11.5. The van der Waals surface area contributed by atoms with E-state index >= 15 is 0 Å². The van der Waals surface area contributed by atoms with Crippen LogP contribution in [-0.2, 0) is 21.5 Å². The number of carbonyl (C=O) groups excluding carboxylic acids is 2. The van der Waals surface area contributed by atoms with Gasteiger partial charge >= 0.3 is 5.97 Å². The van der Waals surface area contributed by atoms with Crippen LogP contribution >= 0.6 is 0 Å². The summed E-state index contributed by atoms with van der Waals surface area (Å²) in [6.45, 7) is 7.58. The molecule has 0 radical (unpaired) electrons. The van der Waals surface area contributed by atoms with Crippen molar-refractivity contribution in [1.29, 1.82) is 0 Å². The lowest BCUT2D eigenvalue weighted by atomic mass is 9.85. The van der Waals surface area contributed by atoms with E-state index in [2.05, 4.69) is 0 Å². The van der Waals surface area contributed by atoms with Gasteiger partial charge in [0.25, 0.3) is 11.6 Å². The number of ether oxygens (including phenoxy) is 3. The van der Waals surface area contributed by atoms with Gasteiger partial charge in [-0.1, -0.05) is 32.9 Å². The molecular formula is C24H30N2O7. The van der Waals surface area contributed by atoms with Crippen molar-refractivity contribution in [3.8, 4) is 11.5 Å². The van der Waals surface area contributed by atoms with Gasteiger partial charge in [0.1, 0.15) is 0 Å². The number of likely N-dealkylation sites (N-methyl/N-ethyl adjacent to an activating group) is 1. The van der Waals surface area contributed by atoms with Crippen molar-refractivity contribution in [3.05, 3.63) is 63.2 Å². The van der Waals surface area contributed by atoms with Gasteiger partial charge in [-0.05, 0) is 36.1 Å². The fourth-order valence-corrected chi connectivity index (χ4v) is 3.32. The van der Waals surface area contributed by atoms with Gasteiger partial charge in [-0.15, -0.1) is 0 Å². The zero-order chi connectivity index (χ0) is 24.8. The van der Waals surface area contributed by atoms with Gasteiger partial charge < -0.3 is 19.1 Å². The highest BCUT2D eigenvalue weighted by Gasteiger charge is 2.26. The van der Waals surface area contributed by atoms with E-state index in [-0.39, 0.29) is 17.2 Å². The van der Waals surface area contributed by atoms with E-state index in [4.69, 9.17) is 14.2 Å². The minimum atomic E-state index is -0.797. The molecule has 0 N–H and O–H groups in total. The predicted molar refractivity (Wildman–Crippen MR) is 123 cm³/mol. The summed E-state index contributed by atoms with van der Waals surface area (Å²) in [5.41, 5.74) is 0.721. The second kappa shape index (κ2) is 10.8. The average Bonchev–Trinajstić information content (AvgIpc) is 2.79. The van der Waals surface area contributed by atoms with Crippen LogP contribution in [0.3, 0.4) is 0 Å². The number of methoxy groups -OCH3 is 2. The second-order valence-corrected chi connectivity index (χ2v) is 8.41. The Labute approximate surface area is 193 Å². The lowest BCUT2D eigenvalue weighted by Gasteiger charge is -2.21. The standard InChI is InChI=1S/C24H30N2O7/c1-7-25(14-16-8-11-20(31-5)21(12-16)32-6)22(27)15-33-23(28)17-9-10-18(24(2,3)4)19(13-17)26(29)30/h8-13H,7,14-15H2,1-6H3. The highest BCUT2D eigenvalue weighted by molar-refractivity contribution is 5.92. The summed E-state index contributed by atoms with van der Waals surface area (Å²) in [6.07, 6.45) is 0. The largest absolute Gasteiger partial charge is 0.493 e. The first-order chi connectivity index (χ1) is 15.5. The fraction of sp³-hybridized carbons (Fsp3) is 0.417. The van der Waals surface area contributed by atoms with Gasteiger partial charge in [0.2, 0.25) is 0 Å². The third-order valence-electron chi connectivity index (χ3n) is 5.12. The first kappa shape index (κ1) is 25.6. The molecule has 0 fully saturated rings. The van der Waals surface area contributed by atoms with Crippen molar-refractivity contribution < 1.29 is 28.7 Å². The topological polar surface area (TPSA) is 108 Å². The molecule has 9 heteroatoms. The highest BCUT2D eigenvalue weighted by atomic mass is 16.6. The normalized spacial score (nSPS) is 11.0. The zero-order valence-electron chi connectivity index (χ0n) is 19.8. The van der Waals surface area contributed by atoms with E-state index in [1.165, 1.54) is 24.1 Å². The van der Waals surface area contributed by atoms with Crippen LogP contribution in [0.1, 0.15) is 49.2 Å². The van der Waals surface area contributed by atoms with Crippen LogP contribution in [0.4, 0.5) is 5.69 Å². The number of nitro groups is 1. The Morgan fingerprint density at radius 3 is 2.24 bits per heavy atom. The second-order valence-electron chi connectivity index (χ2n) is 8.41. The molecule has 178 valence electrons. The molecule has 0 heterocycles. The van der Waals surface area contributed by atoms with E-state index < -0.39 is 22.9 Å². The number of hydrogen-bond acceptors (Lipinski definition) is 7. The highest BCUT2D eigenvalue weighted by Crippen LogP contribution is 2.32. The van der Waals surface area contributed by atoms with E-state index in [0.717, 1.165) is 5.56 Å². The summed E-state index contributed by atoms with van der Waals surface area (Å²) in [6, 6.07) is 9.55. The molecule has 0 saturated carbocycles. The number of amides is 1. The maximum atomic E-state index is 12.6. The Balaban J connectivity index is 2.09. The number of hydrogen-bond donors (Lipinski definition) is 0. The number of rotatable bonds is 9. The number of carbonyl (C=O) groups is 2. The minimum Gasteiger partial charge on any atom is -0.493 e. The first-order valence-corrected chi connectivity index (χ1v) is 10.5. The van der Waals surface area contributed by atoms with Crippen molar-refractivity contribution in [1.82, 2.24) is 4.90 Å². The Hall–Kier alpha value is -3.62. The van der Waals surface area contributed by atoms with E-state index in [0.29, 0.717) is 30.2 Å². The molecule has 2 aromatic carbocycles. The molecule has 0 aromatic heterocycles. The fourth-order valence-electron chi connectivity index (χ4n) is 3.32. The molecule has 0 unspecified atom stereocenters. The van der Waals surface area contributed by atoms with Gasteiger partial charge in [-0.2, -0.15) is 0 Å². The number of nitro benzene ring substituents is 1. The Kier molecular flexibility index (Phi) is 8.39. The number of nitrogens with zero attached hydrogens (tertiary/aromatic N) is 2. The van der Waals surface area contributed by atoms with Crippen LogP contribution in [0.5, 0.6) is 11.5 Å². The van der Waals surface area contributed by atoms with Crippen LogP contribution in [0.2, 0.25) is 0 Å². The number of esters is 1. The molecule has 0 aliphatic carbocycles. The summed E-state index contributed by atoms with van der Waals surface area (Å²) >= 11 is 0. The molecule has 0 atom stereocenters. The van der Waals surface area contributed by atoms with Crippen molar-refractivity contribution in [3.63, 3.8) is 0 Å². The maximum absolute atomic E-state index is 12.6. The lowest BCUT2D eigenvalue weighted by molar-refractivity contribution is -0.386. The minimum absolute atomic E-state index is 0.0189. The van der Waals surface area contributed by atoms with Gasteiger partial charge in [-0.25, -0.2) is 4.79 Å². The Morgan fingerprint density at radius 2 is 1.70 bits per heavy atom. The van der Waals surface area contributed by atoms with Gasteiger partial charge in [-0.3, -0.25) is 14.9 Å². The molecular weight excluding hydrogens is 428 g/mol. The third kappa shape index (κ3) is 6.44. The molecule has 0 aliphatic heterocycles. The van der Waals surface area contributed by atoms with Gasteiger partial charge in [0, 0.05) is 24.7 Å². The smallest absolute Gasteiger partial charge is 0.338 e. The monoisotopic (exact) mass is 458 g/mol. The van der Waals surface area contributed by atoms with Gasteiger partial charge in [0.05, 0.1) is 24.7 Å². The van der Waals surface area contributed by atoms with Crippen LogP contribution < -0.4 is 9.47 Å². The molecule has 9 nitrogen and oxygen atoms in total. The molecule has 1 amide bonds. The summed E-state index contributed by atoms with van der Waals surface area (Å²) in [4.78, 5) is 37.6. The molecule has 0 bridgehead atoms. The van der Waals surface area contributed by atoms with Crippen LogP contribution in [-0.4, -0.2) is 49.1 Å². The molecule has 33 heavy (non-hydrogen) atoms. The predicted octanol–water partition coefficient (Wildman–Crippen LogP) is 4.12. The Bertz CT molecular complexity index is 1030. The van der Waals surface area contributed by atoms with Crippen molar-refractivity contribution in [2.75, 3.05) is 27.4 Å². The summed E-state index contributed by atoms with van der Waals surface area (Å²) in [7, 11) is 3.07. The van der Waals surface area contributed by atoms with Crippen molar-refractivity contribution in [2.24, 2.45) is 0 Å². The van der Waals surface area contributed by atoms with Crippen molar-refractivity contribution >= 4 is 17.6 Å². The molecule has 0 saturated heterocycles. The maximum Gasteiger partial charge on any atom is 0.338 e. The third-order valence-corrected chi connectivity index (χ3v) is 5.12. The van der Waals surface area contributed by atoms with Crippen molar-refractivity contribution in [2.45, 2.75) is 39.7 Å². The summed E-state index contributed by atoms with van der Waals surface area (Å²) in [5.74, 6) is -0.0584. The quantitative estimate of drug-likeness (QED) is 0.316. The first-order valence-electron chi connectivity index (χ1n) is 10.5. The van der Waals surface area contributed by atoms with Crippen LogP contribution in [0.25, 0.3) is 0 Å². The molecule has 0 spiro atoms. The van der Waals surface area contributed by atoms with Gasteiger partial charge in [0.15, 0.2) is 18.1 Å². The summed E-state index contributed by atoms with van der Waals surface area (Å²) < 4.78 is 15.7. The Morgan fingerprint density at radius 1 is 1.03 bits per heavy atom. The zero-order valence-corrected chi connectivity index (χ0v) is 19.8. The van der Waals surface area contributed by atoms with E-state index in [9.17, 15) is 19.7 Å². The molecule has 0 aliphatic rings. The average molecular weight is 459 g/mol. The van der Waals surface area contributed by atoms with E-state index in [1.807, 2.05) is 33.8 Å². The molecule has 2 aromatic rings. The van der Waals surface area contributed by atoms with Crippen LogP contribution in [0.15, 0.2) is 36.4 Å². The lowest BCUT2D eigenvalue weighted by Crippen LogP contribution is -2.34. The van der Waals surface area contributed by atoms with E-state index in [1.54, 1.807) is 25.3 Å². The molecule has 2 rings (SSSR count). The SMILES string of the molecule is CCN(Cc1ccc(OC)c(OC)c1)C(=O)COC(=O)c1ccc(C(C)(C)C)c([N+](=O)[O-])c1.